The molecule has 64 valence electrons. The molecule has 1 aliphatic rings. The third-order valence-electron chi connectivity index (χ3n) is 2.18. The Hall–Kier alpha value is -1.11. The van der Waals surface area contributed by atoms with E-state index in [9.17, 15) is 4.79 Å². The number of hydrogen-bond donors (Lipinski definition) is 0. The maximum atomic E-state index is 11.3. The molecule has 0 aromatic rings. The van der Waals surface area contributed by atoms with Crippen LogP contribution < -0.4 is 0 Å². The third-order valence-corrected chi connectivity index (χ3v) is 2.18. The van der Waals surface area contributed by atoms with Gasteiger partial charge in [0, 0.05) is 6.42 Å². The Morgan fingerprint density at radius 2 is 2.17 bits per heavy atom. The van der Waals surface area contributed by atoms with Gasteiger partial charge in [-0.1, -0.05) is 24.8 Å². The van der Waals surface area contributed by atoms with Gasteiger partial charge in [0.2, 0.25) is 0 Å². The Morgan fingerprint density at radius 3 is 2.83 bits per heavy atom. The van der Waals surface area contributed by atoms with Crippen molar-refractivity contribution < 1.29 is 4.79 Å². The molecule has 0 fully saturated rings. The van der Waals surface area contributed by atoms with Gasteiger partial charge in [-0.15, -0.1) is 0 Å². The fourth-order valence-electron chi connectivity index (χ4n) is 1.39. The van der Waals surface area contributed by atoms with Crippen LogP contribution in [0.3, 0.4) is 0 Å². The molecule has 0 aliphatic heterocycles. The highest BCUT2D eigenvalue weighted by atomic mass is 16.1. The van der Waals surface area contributed by atoms with Crippen LogP contribution in [0, 0.1) is 0 Å². The molecule has 0 atom stereocenters. The van der Waals surface area contributed by atoms with Gasteiger partial charge in [0.25, 0.3) is 0 Å². The summed E-state index contributed by atoms with van der Waals surface area (Å²) in [5, 5.41) is 0. The summed E-state index contributed by atoms with van der Waals surface area (Å²) in [7, 11) is 0. The van der Waals surface area contributed by atoms with Crippen LogP contribution in [-0.4, -0.2) is 5.78 Å². The van der Waals surface area contributed by atoms with Gasteiger partial charge in [-0.25, -0.2) is 0 Å². The lowest BCUT2D eigenvalue weighted by Crippen LogP contribution is -2.07. The van der Waals surface area contributed by atoms with Crippen molar-refractivity contribution in [2.24, 2.45) is 0 Å². The van der Waals surface area contributed by atoms with Gasteiger partial charge in [-0.3, -0.25) is 4.79 Å². The second-order valence-corrected chi connectivity index (χ2v) is 3.02. The minimum Gasteiger partial charge on any atom is -0.295 e. The van der Waals surface area contributed by atoms with Gasteiger partial charge in [-0.05, 0) is 30.9 Å². The lowest BCUT2D eigenvalue weighted by molar-refractivity contribution is -0.116. The Balaban J connectivity index is 2.85. The van der Waals surface area contributed by atoms with E-state index in [2.05, 4.69) is 6.58 Å². The maximum Gasteiger partial charge on any atom is 0.158 e. The van der Waals surface area contributed by atoms with Gasteiger partial charge >= 0.3 is 0 Å². The van der Waals surface area contributed by atoms with Crippen molar-refractivity contribution >= 4 is 5.78 Å². The monoisotopic (exact) mass is 162 g/mol. The minimum absolute atomic E-state index is 0.296. The number of carbonyl (C=O) groups excluding carboxylic acids is 1. The molecular weight excluding hydrogens is 148 g/mol. The highest BCUT2D eigenvalue weighted by Crippen LogP contribution is 2.22. The van der Waals surface area contributed by atoms with E-state index in [0.29, 0.717) is 5.78 Å². The van der Waals surface area contributed by atoms with Gasteiger partial charge in [-0.2, -0.15) is 0 Å². The SMILES string of the molecule is C=C/C=C\C1=C(C)C(=O)CCC1. The summed E-state index contributed by atoms with van der Waals surface area (Å²) in [5.74, 6) is 0.296. The molecule has 0 spiro atoms. The first kappa shape index (κ1) is 8.98. The molecule has 1 rings (SSSR count). The van der Waals surface area contributed by atoms with Crippen molar-refractivity contribution in [2.75, 3.05) is 0 Å². The molecule has 0 saturated carbocycles. The predicted molar refractivity (Wildman–Crippen MR) is 50.9 cm³/mol. The van der Waals surface area contributed by atoms with E-state index in [1.807, 2.05) is 19.1 Å². The zero-order valence-electron chi connectivity index (χ0n) is 7.47. The first-order valence-corrected chi connectivity index (χ1v) is 4.27. The summed E-state index contributed by atoms with van der Waals surface area (Å²) < 4.78 is 0. The first-order chi connectivity index (χ1) is 5.75. The van der Waals surface area contributed by atoms with Crippen LogP contribution in [0.2, 0.25) is 0 Å². The van der Waals surface area contributed by atoms with Crippen LogP contribution in [0.25, 0.3) is 0 Å². The van der Waals surface area contributed by atoms with Gasteiger partial charge < -0.3 is 0 Å². The molecule has 1 nitrogen and oxygen atoms in total. The zero-order chi connectivity index (χ0) is 8.97. The second kappa shape index (κ2) is 4.05. The summed E-state index contributed by atoms with van der Waals surface area (Å²) in [6, 6.07) is 0. The molecule has 0 amide bonds. The van der Waals surface area contributed by atoms with E-state index < -0.39 is 0 Å². The number of ketones is 1. The fraction of sp³-hybridized carbons (Fsp3) is 0.364. The standard InChI is InChI=1S/C11H14O/c1-3-4-6-10-7-5-8-11(12)9(10)2/h3-4,6H,1,5,7-8H2,2H3/b6-4-. The molecule has 0 unspecified atom stereocenters. The molecule has 1 heteroatoms. The summed E-state index contributed by atoms with van der Waals surface area (Å²) >= 11 is 0. The molecule has 0 bridgehead atoms. The van der Waals surface area contributed by atoms with E-state index >= 15 is 0 Å². The molecular formula is C11H14O. The number of allylic oxidation sites excluding steroid dienone is 5. The summed E-state index contributed by atoms with van der Waals surface area (Å²) in [6.45, 7) is 5.50. The van der Waals surface area contributed by atoms with Gasteiger partial charge in [0.1, 0.15) is 0 Å². The van der Waals surface area contributed by atoms with Crippen LogP contribution in [0.5, 0.6) is 0 Å². The second-order valence-electron chi connectivity index (χ2n) is 3.02. The van der Waals surface area contributed by atoms with E-state index in [4.69, 9.17) is 0 Å². The van der Waals surface area contributed by atoms with E-state index in [-0.39, 0.29) is 0 Å². The smallest absolute Gasteiger partial charge is 0.158 e. The molecule has 0 radical (unpaired) electrons. The lowest BCUT2D eigenvalue weighted by Gasteiger charge is -2.12. The maximum absolute atomic E-state index is 11.3. The van der Waals surface area contributed by atoms with Crippen molar-refractivity contribution in [1.82, 2.24) is 0 Å². The molecule has 0 aromatic heterocycles. The highest BCUT2D eigenvalue weighted by molar-refractivity contribution is 5.96. The summed E-state index contributed by atoms with van der Waals surface area (Å²) in [4.78, 5) is 11.3. The number of hydrogen-bond acceptors (Lipinski definition) is 1. The largest absolute Gasteiger partial charge is 0.295 e. The Morgan fingerprint density at radius 1 is 1.42 bits per heavy atom. The van der Waals surface area contributed by atoms with E-state index in [1.165, 1.54) is 5.57 Å². The van der Waals surface area contributed by atoms with E-state index in [0.717, 1.165) is 24.8 Å². The molecule has 0 heterocycles. The number of rotatable bonds is 2. The fourth-order valence-corrected chi connectivity index (χ4v) is 1.39. The molecule has 1 aliphatic carbocycles. The Bertz CT molecular complexity index is 256. The molecule has 0 N–H and O–H groups in total. The third kappa shape index (κ3) is 1.94. The Kier molecular flexibility index (Phi) is 3.03. The molecule has 12 heavy (non-hydrogen) atoms. The zero-order valence-corrected chi connectivity index (χ0v) is 7.47. The minimum atomic E-state index is 0.296. The lowest BCUT2D eigenvalue weighted by atomic mass is 9.91. The van der Waals surface area contributed by atoms with Crippen LogP contribution in [-0.2, 0) is 4.79 Å². The van der Waals surface area contributed by atoms with Crippen molar-refractivity contribution in [1.29, 1.82) is 0 Å². The molecule has 0 saturated heterocycles. The number of carbonyl (C=O) groups is 1. The molecule has 0 aromatic carbocycles. The van der Waals surface area contributed by atoms with Crippen molar-refractivity contribution in [3.8, 4) is 0 Å². The van der Waals surface area contributed by atoms with Crippen LogP contribution >= 0.6 is 0 Å². The van der Waals surface area contributed by atoms with Crippen molar-refractivity contribution in [3.63, 3.8) is 0 Å². The average Bonchev–Trinajstić information content (AvgIpc) is 2.08. The predicted octanol–water partition coefficient (Wildman–Crippen LogP) is 2.80. The van der Waals surface area contributed by atoms with Crippen molar-refractivity contribution in [2.45, 2.75) is 26.2 Å². The first-order valence-electron chi connectivity index (χ1n) is 4.27. The Labute approximate surface area is 73.5 Å². The topological polar surface area (TPSA) is 17.1 Å². The quantitative estimate of drug-likeness (QED) is 0.570. The van der Waals surface area contributed by atoms with Gasteiger partial charge in [0.05, 0.1) is 0 Å². The summed E-state index contributed by atoms with van der Waals surface area (Å²) in [6.07, 6.45) is 8.35. The highest BCUT2D eigenvalue weighted by Gasteiger charge is 2.13. The number of Topliss-reactive ketones (excluding diaryl/α,β-unsaturated/α-hetero) is 1. The summed E-state index contributed by atoms with van der Waals surface area (Å²) in [5.41, 5.74) is 2.10. The van der Waals surface area contributed by atoms with Crippen molar-refractivity contribution in [3.05, 3.63) is 36.0 Å². The van der Waals surface area contributed by atoms with Crippen LogP contribution in [0.4, 0.5) is 0 Å². The van der Waals surface area contributed by atoms with E-state index in [1.54, 1.807) is 6.08 Å². The van der Waals surface area contributed by atoms with Crippen LogP contribution in [0.1, 0.15) is 26.2 Å². The van der Waals surface area contributed by atoms with Gasteiger partial charge in [0.15, 0.2) is 5.78 Å². The average molecular weight is 162 g/mol. The normalized spacial score (nSPS) is 18.9. The van der Waals surface area contributed by atoms with Crippen LogP contribution in [0.15, 0.2) is 36.0 Å².